The average molecular weight is 278 g/mol. The summed E-state index contributed by atoms with van der Waals surface area (Å²) in [4.78, 5) is 0. The van der Waals surface area contributed by atoms with Gasteiger partial charge in [-0.15, -0.1) is 0 Å². The highest BCUT2D eigenvalue weighted by Gasteiger charge is 2.33. The van der Waals surface area contributed by atoms with E-state index < -0.39 is 5.79 Å². The molecule has 2 fully saturated rings. The van der Waals surface area contributed by atoms with Crippen LogP contribution in [-0.2, 0) is 25.4 Å². The van der Waals surface area contributed by atoms with E-state index in [-0.39, 0.29) is 12.4 Å². The van der Waals surface area contributed by atoms with Gasteiger partial charge in [0.2, 0.25) is 0 Å². The normalized spacial score (nSPS) is 26.8. The van der Waals surface area contributed by atoms with Crippen LogP contribution in [0.1, 0.15) is 37.7 Å². The summed E-state index contributed by atoms with van der Waals surface area (Å²) in [5.74, 6) is -0.475. The Labute approximate surface area is 120 Å². The molecule has 0 saturated carbocycles. The number of hydrogen-bond acceptors (Lipinski definition) is 4. The van der Waals surface area contributed by atoms with Gasteiger partial charge in [0.25, 0.3) is 0 Å². The second-order valence-corrected chi connectivity index (χ2v) is 5.78. The summed E-state index contributed by atoms with van der Waals surface area (Å²) in [6, 6.07) is 8.26. The smallest absolute Gasteiger partial charge is 0.184 e. The molecular formula is C16H22O4. The van der Waals surface area contributed by atoms with E-state index in [1.807, 2.05) is 26.0 Å². The lowest BCUT2D eigenvalue weighted by Crippen LogP contribution is -2.23. The van der Waals surface area contributed by atoms with Crippen molar-refractivity contribution >= 4 is 0 Å². The molecule has 0 N–H and O–H groups in total. The van der Waals surface area contributed by atoms with Gasteiger partial charge in [-0.2, -0.15) is 0 Å². The summed E-state index contributed by atoms with van der Waals surface area (Å²) in [6.07, 6.45) is 1.64. The molecule has 0 bridgehead atoms. The van der Waals surface area contributed by atoms with Crippen molar-refractivity contribution in [2.75, 3.05) is 19.8 Å². The Morgan fingerprint density at radius 1 is 1.15 bits per heavy atom. The maximum atomic E-state index is 5.89. The van der Waals surface area contributed by atoms with Gasteiger partial charge in [0.1, 0.15) is 0 Å². The van der Waals surface area contributed by atoms with Crippen molar-refractivity contribution in [3.63, 3.8) is 0 Å². The minimum atomic E-state index is -0.475. The van der Waals surface area contributed by atoms with Gasteiger partial charge in [-0.3, -0.25) is 0 Å². The second-order valence-electron chi connectivity index (χ2n) is 5.78. The molecule has 3 rings (SSSR count). The van der Waals surface area contributed by atoms with Crippen LogP contribution in [0.25, 0.3) is 0 Å². The van der Waals surface area contributed by atoms with Crippen LogP contribution in [-0.4, -0.2) is 31.7 Å². The Kier molecular flexibility index (Phi) is 4.08. The Balaban J connectivity index is 1.73. The molecule has 0 spiro atoms. The molecule has 2 heterocycles. The molecule has 0 aliphatic carbocycles. The lowest BCUT2D eigenvalue weighted by molar-refractivity contribution is -0.183. The minimum Gasteiger partial charge on any atom is -0.348 e. The van der Waals surface area contributed by atoms with Crippen molar-refractivity contribution in [2.45, 2.75) is 44.9 Å². The molecule has 110 valence electrons. The van der Waals surface area contributed by atoms with Crippen LogP contribution in [0.2, 0.25) is 0 Å². The molecule has 2 saturated heterocycles. The van der Waals surface area contributed by atoms with Crippen LogP contribution in [0.3, 0.4) is 0 Å². The summed E-state index contributed by atoms with van der Waals surface area (Å²) in [5, 5.41) is 0. The quantitative estimate of drug-likeness (QED) is 0.852. The number of benzene rings is 1. The number of ether oxygens (including phenoxy) is 4. The predicted octanol–water partition coefficient (Wildman–Crippen LogP) is 2.82. The van der Waals surface area contributed by atoms with E-state index in [2.05, 4.69) is 12.1 Å². The monoisotopic (exact) mass is 278 g/mol. The highest BCUT2D eigenvalue weighted by Crippen LogP contribution is 2.29. The van der Waals surface area contributed by atoms with Crippen molar-refractivity contribution in [3.8, 4) is 0 Å². The van der Waals surface area contributed by atoms with Crippen molar-refractivity contribution in [1.82, 2.24) is 0 Å². The second kappa shape index (κ2) is 5.82. The van der Waals surface area contributed by atoms with Gasteiger partial charge in [0.15, 0.2) is 12.1 Å². The molecule has 1 aromatic carbocycles. The summed E-state index contributed by atoms with van der Waals surface area (Å²) in [6.45, 7) is 6.05. The molecule has 2 aliphatic rings. The first kappa shape index (κ1) is 14.0. The summed E-state index contributed by atoms with van der Waals surface area (Å²) >= 11 is 0. The molecule has 0 radical (unpaired) electrons. The van der Waals surface area contributed by atoms with Crippen LogP contribution in [0, 0.1) is 0 Å². The number of hydrogen-bond donors (Lipinski definition) is 0. The highest BCUT2D eigenvalue weighted by molar-refractivity contribution is 5.29. The van der Waals surface area contributed by atoms with E-state index in [9.17, 15) is 0 Å². The standard InChI is InChI=1S/C16H22O4/c1-16(2)19-11-13(20-16)10-12-6-3-4-7-14(12)15-17-8-5-9-18-15/h3-4,6-7,13,15H,5,8-11H2,1-2H3/t13-/m0/s1. The molecule has 1 aromatic rings. The third-order valence-electron chi connectivity index (χ3n) is 3.65. The third kappa shape index (κ3) is 3.20. The van der Waals surface area contributed by atoms with Gasteiger partial charge in [-0.05, 0) is 25.8 Å². The van der Waals surface area contributed by atoms with Gasteiger partial charge < -0.3 is 18.9 Å². The van der Waals surface area contributed by atoms with Crippen molar-refractivity contribution in [3.05, 3.63) is 35.4 Å². The maximum Gasteiger partial charge on any atom is 0.184 e. The average Bonchev–Trinajstić information content (AvgIpc) is 2.79. The van der Waals surface area contributed by atoms with Crippen molar-refractivity contribution in [1.29, 1.82) is 0 Å². The molecule has 4 heteroatoms. The van der Waals surface area contributed by atoms with Crippen LogP contribution < -0.4 is 0 Å². The molecule has 4 nitrogen and oxygen atoms in total. The third-order valence-corrected chi connectivity index (χ3v) is 3.65. The van der Waals surface area contributed by atoms with E-state index in [0.29, 0.717) is 6.61 Å². The Bertz CT molecular complexity index is 452. The number of rotatable bonds is 3. The van der Waals surface area contributed by atoms with E-state index in [4.69, 9.17) is 18.9 Å². The zero-order chi connectivity index (χ0) is 14.0. The fourth-order valence-corrected chi connectivity index (χ4v) is 2.73. The molecule has 1 atom stereocenters. The van der Waals surface area contributed by atoms with Gasteiger partial charge >= 0.3 is 0 Å². The maximum absolute atomic E-state index is 5.89. The SMILES string of the molecule is CC1(C)OC[C@H](Cc2ccccc2C2OCCCO2)O1. The molecule has 0 unspecified atom stereocenters. The van der Waals surface area contributed by atoms with Crippen LogP contribution >= 0.6 is 0 Å². The van der Waals surface area contributed by atoms with E-state index in [1.165, 1.54) is 5.56 Å². The summed E-state index contributed by atoms with van der Waals surface area (Å²) < 4.78 is 22.9. The lowest BCUT2D eigenvalue weighted by atomic mass is 10.0. The molecule has 2 aliphatic heterocycles. The first-order valence-corrected chi connectivity index (χ1v) is 7.27. The Morgan fingerprint density at radius 2 is 1.90 bits per heavy atom. The van der Waals surface area contributed by atoms with Gasteiger partial charge in [-0.1, -0.05) is 24.3 Å². The summed E-state index contributed by atoms with van der Waals surface area (Å²) in [5.41, 5.74) is 2.33. The van der Waals surface area contributed by atoms with E-state index in [0.717, 1.165) is 31.6 Å². The van der Waals surface area contributed by atoms with Gasteiger partial charge in [0, 0.05) is 12.0 Å². The van der Waals surface area contributed by atoms with E-state index >= 15 is 0 Å². The van der Waals surface area contributed by atoms with Crippen LogP contribution in [0.15, 0.2) is 24.3 Å². The predicted molar refractivity (Wildman–Crippen MR) is 74.3 cm³/mol. The fourth-order valence-electron chi connectivity index (χ4n) is 2.73. The summed E-state index contributed by atoms with van der Waals surface area (Å²) in [7, 11) is 0. The minimum absolute atomic E-state index is 0.0924. The topological polar surface area (TPSA) is 36.9 Å². The molecule has 0 amide bonds. The first-order valence-electron chi connectivity index (χ1n) is 7.27. The molecule has 0 aromatic heterocycles. The Morgan fingerprint density at radius 3 is 2.60 bits per heavy atom. The lowest BCUT2D eigenvalue weighted by Gasteiger charge is -2.26. The highest BCUT2D eigenvalue weighted by atomic mass is 16.7. The zero-order valence-electron chi connectivity index (χ0n) is 12.1. The van der Waals surface area contributed by atoms with E-state index in [1.54, 1.807) is 0 Å². The van der Waals surface area contributed by atoms with Crippen molar-refractivity contribution in [2.24, 2.45) is 0 Å². The molecular weight excluding hydrogens is 256 g/mol. The van der Waals surface area contributed by atoms with Gasteiger partial charge in [0.05, 0.1) is 25.9 Å². The van der Waals surface area contributed by atoms with Crippen LogP contribution in [0.4, 0.5) is 0 Å². The largest absolute Gasteiger partial charge is 0.348 e. The zero-order valence-corrected chi connectivity index (χ0v) is 12.1. The molecule has 20 heavy (non-hydrogen) atoms. The first-order chi connectivity index (χ1) is 9.64. The van der Waals surface area contributed by atoms with Gasteiger partial charge in [-0.25, -0.2) is 0 Å². The van der Waals surface area contributed by atoms with Crippen molar-refractivity contribution < 1.29 is 18.9 Å². The Hall–Kier alpha value is -0.940. The van der Waals surface area contributed by atoms with Crippen LogP contribution in [0.5, 0.6) is 0 Å². The fraction of sp³-hybridized carbons (Fsp3) is 0.625.